The number of benzene rings is 1. The largest absolute Gasteiger partial charge is 0.321 e. The van der Waals surface area contributed by atoms with Crippen LogP contribution in [0.25, 0.3) is 27.9 Å². The zero-order valence-corrected chi connectivity index (χ0v) is 16.2. The fourth-order valence-electron chi connectivity index (χ4n) is 2.93. The highest BCUT2D eigenvalue weighted by atomic mass is 35.5. The lowest BCUT2D eigenvalue weighted by molar-refractivity contribution is -0.111. The van der Waals surface area contributed by atoms with Crippen molar-refractivity contribution in [3.05, 3.63) is 94.9 Å². The van der Waals surface area contributed by atoms with E-state index >= 15 is 0 Å². The molecule has 3 aromatic heterocycles. The minimum absolute atomic E-state index is 0.0708. The number of aromatic nitrogens is 3. The minimum atomic E-state index is -0.567. The molecule has 0 spiro atoms. The van der Waals surface area contributed by atoms with Crippen molar-refractivity contribution < 1.29 is 9.18 Å². The van der Waals surface area contributed by atoms with Crippen molar-refractivity contribution in [1.82, 2.24) is 14.5 Å². The quantitative estimate of drug-likeness (QED) is 0.498. The Hall–Kier alpha value is -3.84. The van der Waals surface area contributed by atoms with Crippen molar-refractivity contribution in [3.63, 3.8) is 0 Å². The summed E-state index contributed by atoms with van der Waals surface area (Å²) < 4.78 is 15.0. The van der Waals surface area contributed by atoms with Gasteiger partial charge in [-0.25, -0.2) is 9.37 Å². The molecule has 4 rings (SSSR count). The maximum atomic E-state index is 13.9. The lowest BCUT2D eigenvalue weighted by Crippen LogP contribution is -2.26. The number of pyridine rings is 3. The molecule has 0 fully saturated rings. The van der Waals surface area contributed by atoms with Gasteiger partial charge in [0.25, 0.3) is 11.5 Å². The SMILES string of the molecule is C=C(C(=O)Nc1ccc(-c2ncccc2F)cc1)n1ccc2cc(Cl)cnc2c1=O. The number of nitrogens with one attached hydrogen (secondary N) is 1. The van der Waals surface area contributed by atoms with E-state index in [2.05, 4.69) is 21.9 Å². The number of hydrogen-bond acceptors (Lipinski definition) is 4. The molecule has 0 unspecified atom stereocenters. The number of carbonyl (C=O) groups is 1. The first-order valence-electron chi connectivity index (χ1n) is 8.82. The molecule has 0 saturated carbocycles. The number of rotatable bonds is 4. The molecule has 30 heavy (non-hydrogen) atoms. The number of fused-ring (bicyclic) bond motifs is 1. The average Bonchev–Trinajstić information content (AvgIpc) is 2.74. The second-order valence-corrected chi connectivity index (χ2v) is 6.83. The molecule has 0 bridgehead atoms. The molecule has 8 heteroatoms. The summed E-state index contributed by atoms with van der Waals surface area (Å²) in [6.07, 6.45) is 4.31. The van der Waals surface area contributed by atoms with E-state index in [1.807, 2.05) is 0 Å². The van der Waals surface area contributed by atoms with E-state index < -0.39 is 17.3 Å². The maximum absolute atomic E-state index is 13.9. The van der Waals surface area contributed by atoms with Crippen molar-refractivity contribution in [1.29, 1.82) is 0 Å². The molecule has 0 atom stereocenters. The van der Waals surface area contributed by atoms with Crippen LogP contribution in [0.3, 0.4) is 0 Å². The van der Waals surface area contributed by atoms with Gasteiger partial charge in [-0.1, -0.05) is 30.3 Å². The Morgan fingerprint density at radius 2 is 1.90 bits per heavy atom. The highest BCUT2D eigenvalue weighted by Gasteiger charge is 2.14. The number of anilines is 1. The van der Waals surface area contributed by atoms with Crippen molar-refractivity contribution in [2.24, 2.45) is 0 Å². The van der Waals surface area contributed by atoms with Crippen LogP contribution in [0.1, 0.15) is 0 Å². The van der Waals surface area contributed by atoms with Gasteiger partial charge in [0.05, 0.1) is 5.02 Å². The summed E-state index contributed by atoms with van der Waals surface area (Å²) in [6.45, 7) is 3.72. The van der Waals surface area contributed by atoms with E-state index in [4.69, 9.17) is 11.6 Å². The zero-order chi connectivity index (χ0) is 21.3. The molecule has 1 N–H and O–H groups in total. The van der Waals surface area contributed by atoms with Gasteiger partial charge < -0.3 is 5.32 Å². The van der Waals surface area contributed by atoms with Gasteiger partial charge in [-0.05, 0) is 36.4 Å². The fourth-order valence-corrected chi connectivity index (χ4v) is 3.10. The Kier molecular flexibility index (Phi) is 5.12. The first-order chi connectivity index (χ1) is 14.4. The second-order valence-electron chi connectivity index (χ2n) is 6.39. The van der Waals surface area contributed by atoms with Crippen molar-refractivity contribution in [2.75, 3.05) is 5.32 Å². The Morgan fingerprint density at radius 3 is 2.63 bits per heavy atom. The van der Waals surface area contributed by atoms with Gasteiger partial charge in [0.2, 0.25) is 0 Å². The molecule has 0 aliphatic heterocycles. The smallest absolute Gasteiger partial charge is 0.281 e. The van der Waals surface area contributed by atoms with Crippen LogP contribution >= 0.6 is 11.6 Å². The molecule has 0 radical (unpaired) electrons. The third-order valence-electron chi connectivity index (χ3n) is 4.44. The van der Waals surface area contributed by atoms with Crippen molar-refractivity contribution in [3.8, 4) is 11.3 Å². The van der Waals surface area contributed by atoms with Gasteiger partial charge in [-0.3, -0.25) is 19.1 Å². The second kappa shape index (κ2) is 7.88. The molecule has 0 aliphatic carbocycles. The summed E-state index contributed by atoms with van der Waals surface area (Å²) in [5, 5.41) is 3.64. The van der Waals surface area contributed by atoms with Gasteiger partial charge in [0.15, 0.2) is 0 Å². The van der Waals surface area contributed by atoms with Crippen LogP contribution < -0.4 is 10.9 Å². The summed E-state index contributed by atoms with van der Waals surface area (Å²) in [5.41, 5.74) is 0.872. The standard InChI is InChI=1S/C22H14ClFN4O2/c1-13(28-10-8-15-11-16(23)12-26-20(15)22(28)30)21(29)27-17-6-4-14(5-7-17)19-18(24)3-2-9-25-19/h2-12H,1H2,(H,27,29). The molecule has 1 amide bonds. The first kappa shape index (κ1) is 19.5. The van der Waals surface area contributed by atoms with Crippen LogP contribution in [0.2, 0.25) is 5.02 Å². The molecule has 1 aromatic carbocycles. The Labute approximate surface area is 175 Å². The summed E-state index contributed by atoms with van der Waals surface area (Å²) >= 11 is 5.90. The van der Waals surface area contributed by atoms with Gasteiger partial charge in [-0.15, -0.1) is 0 Å². The van der Waals surface area contributed by atoms with E-state index in [1.165, 1.54) is 30.7 Å². The number of carbonyl (C=O) groups excluding carboxylic acids is 1. The fraction of sp³-hybridized carbons (Fsp3) is 0. The van der Waals surface area contributed by atoms with E-state index in [0.29, 0.717) is 21.7 Å². The Balaban J connectivity index is 1.55. The van der Waals surface area contributed by atoms with Crippen molar-refractivity contribution >= 4 is 39.8 Å². The molecule has 6 nitrogen and oxygen atoms in total. The third kappa shape index (κ3) is 3.70. The summed E-state index contributed by atoms with van der Waals surface area (Å²) in [4.78, 5) is 33.3. The summed E-state index contributed by atoms with van der Waals surface area (Å²) in [7, 11) is 0. The molecule has 4 aromatic rings. The minimum Gasteiger partial charge on any atom is -0.321 e. The topological polar surface area (TPSA) is 76.9 Å². The molecule has 0 aliphatic rings. The number of halogens is 2. The highest BCUT2D eigenvalue weighted by Crippen LogP contribution is 2.22. The molecule has 148 valence electrons. The van der Waals surface area contributed by atoms with Gasteiger partial charge in [0, 0.05) is 35.2 Å². The zero-order valence-electron chi connectivity index (χ0n) is 15.5. The van der Waals surface area contributed by atoms with E-state index in [1.54, 1.807) is 36.4 Å². The number of amides is 1. The third-order valence-corrected chi connectivity index (χ3v) is 4.64. The van der Waals surface area contributed by atoms with Crippen LogP contribution in [0, 0.1) is 5.82 Å². The molecular formula is C22H14ClFN4O2. The monoisotopic (exact) mass is 420 g/mol. The molecule has 3 heterocycles. The average molecular weight is 421 g/mol. The van der Waals surface area contributed by atoms with Crippen LogP contribution in [-0.4, -0.2) is 20.4 Å². The van der Waals surface area contributed by atoms with Gasteiger partial charge in [-0.2, -0.15) is 0 Å². The first-order valence-corrected chi connectivity index (χ1v) is 9.20. The molecule has 0 saturated heterocycles. The van der Waals surface area contributed by atoms with Crippen LogP contribution in [0.15, 0.2) is 78.5 Å². The lowest BCUT2D eigenvalue weighted by Gasteiger charge is -2.11. The number of hydrogen-bond donors (Lipinski definition) is 1. The predicted octanol–water partition coefficient (Wildman–Crippen LogP) is 4.36. The van der Waals surface area contributed by atoms with Crippen LogP contribution in [0.5, 0.6) is 0 Å². The normalized spacial score (nSPS) is 10.7. The van der Waals surface area contributed by atoms with Crippen LogP contribution in [0.4, 0.5) is 10.1 Å². The highest BCUT2D eigenvalue weighted by molar-refractivity contribution is 6.31. The van der Waals surface area contributed by atoms with Crippen LogP contribution in [-0.2, 0) is 4.79 Å². The van der Waals surface area contributed by atoms with Gasteiger partial charge >= 0.3 is 0 Å². The lowest BCUT2D eigenvalue weighted by atomic mass is 10.1. The Morgan fingerprint density at radius 1 is 1.13 bits per heavy atom. The summed E-state index contributed by atoms with van der Waals surface area (Å²) in [6, 6.07) is 12.6. The Bertz CT molecular complexity index is 1350. The maximum Gasteiger partial charge on any atom is 0.281 e. The van der Waals surface area contributed by atoms with Gasteiger partial charge in [0.1, 0.15) is 22.7 Å². The molecular weight excluding hydrogens is 407 g/mol. The van der Waals surface area contributed by atoms with E-state index in [-0.39, 0.29) is 16.9 Å². The van der Waals surface area contributed by atoms with Crippen molar-refractivity contribution in [2.45, 2.75) is 0 Å². The van der Waals surface area contributed by atoms with E-state index in [9.17, 15) is 14.0 Å². The predicted molar refractivity (Wildman–Crippen MR) is 115 cm³/mol. The van der Waals surface area contributed by atoms with E-state index in [0.717, 1.165) is 4.57 Å². The summed E-state index contributed by atoms with van der Waals surface area (Å²) in [5.74, 6) is -1.00. The number of nitrogens with zero attached hydrogens (tertiary/aromatic N) is 3.